The van der Waals surface area contributed by atoms with E-state index in [0.717, 1.165) is 0 Å². The van der Waals surface area contributed by atoms with Crippen LogP contribution in [0.25, 0.3) is 0 Å². The van der Waals surface area contributed by atoms with Crippen LogP contribution in [0.3, 0.4) is 0 Å². The molecule has 0 fully saturated rings. The van der Waals surface area contributed by atoms with Gasteiger partial charge in [0.15, 0.2) is 0 Å². The van der Waals surface area contributed by atoms with Gasteiger partial charge >= 0.3 is 6.16 Å². The Bertz CT molecular complexity index is 828. The Morgan fingerprint density at radius 3 is 1.46 bits per heavy atom. The third-order valence-corrected chi connectivity index (χ3v) is 4.07. The van der Waals surface area contributed by atoms with Crippen molar-refractivity contribution in [2.45, 2.75) is 38.5 Å². The van der Waals surface area contributed by atoms with Crippen LogP contribution in [0.15, 0.2) is 48.5 Å². The summed E-state index contributed by atoms with van der Waals surface area (Å²) in [4.78, 5) is 12.3. The molecule has 2 rings (SSSR count). The van der Waals surface area contributed by atoms with E-state index in [9.17, 15) is 15.3 Å². The molecule has 0 atom stereocenters. The molecule has 0 aliphatic heterocycles. The van der Waals surface area contributed by atoms with Gasteiger partial charge in [0, 0.05) is 11.1 Å². The smallest absolute Gasteiger partial charge is 0.394 e. The van der Waals surface area contributed by atoms with Crippen molar-refractivity contribution >= 4 is 6.16 Å². The second kappa shape index (κ2) is 7.29. The van der Waals surface area contributed by atoms with E-state index in [0.29, 0.717) is 11.1 Å². The van der Waals surface area contributed by atoms with Crippen LogP contribution in [-0.4, -0.2) is 6.16 Å². The Labute approximate surface area is 153 Å². The lowest BCUT2D eigenvalue weighted by Crippen LogP contribution is -2.22. The second-order valence-electron chi connectivity index (χ2n) is 6.92. The maximum Gasteiger partial charge on any atom is 0.519 e. The Morgan fingerprint density at radius 1 is 0.769 bits per heavy atom. The Hall–Kier alpha value is -3.31. The molecule has 0 amide bonds. The molecular formula is C21H20N2O3. The number of para-hydroxylation sites is 2. The summed E-state index contributed by atoms with van der Waals surface area (Å²) in [5, 5.41) is 18.7. The van der Waals surface area contributed by atoms with E-state index in [-0.39, 0.29) is 11.5 Å². The van der Waals surface area contributed by atoms with Gasteiger partial charge in [-0.05, 0) is 39.8 Å². The van der Waals surface area contributed by atoms with Gasteiger partial charge in [-0.1, -0.05) is 36.4 Å². The SMILES string of the molecule is CC(C)(C#N)c1ccccc1OC(=O)Oc1ccccc1C(C)(C)C#N. The number of ether oxygens (including phenoxy) is 2. The zero-order valence-electron chi connectivity index (χ0n) is 15.2. The van der Waals surface area contributed by atoms with Gasteiger partial charge in [-0.25, -0.2) is 4.79 Å². The fraction of sp³-hybridized carbons (Fsp3) is 0.286. The molecule has 26 heavy (non-hydrogen) atoms. The number of hydrogen-bond donors (Lipinski definition) is 0. The fourth-order valence-corrected chi connectivity index (χ4v) is 2.46. The van der Waals surface area contributed by atoms with Crippen LogP contribution in [-0.2, 0) is 10.8 Å². The molecule has 5 heteroatoms. The van der Waals surface area contributed by atoms with Crippen LogP contribution < -0.4 is 9.47 Å². The summed E-state index contributed by atoms with van der Waals surface area (Å²) in [7, 11) is 0. The maximum atomic E-state index is 12.3. The normalized spacial score (nSPS) is 11.2. The molecule has 0 saturated heterocycles. The van der Waals surface area contributed by atoms with Crippen molar-refractivity contribution in [1.82, 2.24) is 0 Å². The van der Waals surface area contributed by atoms with Gasteiger partial charge in [-0.15, -0.1) is 0 Å². The topological polar surface area (TPSA) is 83.1 Å². The van der Waals surface area contributed by atoms with Crippen molar-refractivity contribution in [3.05, 3.63) is 59.7 Å². The van der Waals surface area contributed by atoms with Crippen molar-refractivity contribution < 1.29 is 14.3 Å². The van der Waals surface area contributed by atoms with Crippen molar-refractivity contribution in [2.24, 2.45) is 0 Å². The van der Waals surface area contributed by atoms with Crippen molar-refractivity contribution in [3.63, 3.8) is 0 Å². The van der Waals surface area contributed by atoms with Gasteiger partial charge in [0.05, 0.1) is 23.0 Å². The number of nitrogens with zero attached hydrogens (tertiary/aromatic N) is 2. The molecule has 132 valence electrons. The molecule has 2 aromatic carbocycles. The highest BCUT2D eigenvalue weighted by Crippen LogP contribution is 2.33. The van der Waals surface area contributed by atoms with E-state index < -0.39 is 17.0 Å². The van der Waals surface area contributed by atoms with Crippen LogP contribution in [0, 0.1) is 22.7 Å². The molecule has 0 heterocycles. The molecular weight excluding hydrogens is 328 g/mol. The second-order valence-corrected chi connectivity index (χ2v) is 6.92. The molecule has 0 unspecified atom stereocenters. The quantitative estimate of drug-likeness (QED) is 0.581. The van der Waals surface area contributed by atoms with E-state index in [1.165, 1.54) is 0 Å². The van der Waals surface area contributed by atoms with E-state index in [4.69, 9.17) is 9.47 Å². The Kier molecular flexibility index (Phi) is 5.33. The van der Waals surface area contributed by atoms with Crippen molar-refractivity contribution in [2.75, 3.05) is 0 Å². The summed E-state index contributed by atoms with van der Waals surface area (Å²) in [5.41, 5.74) is -0.468. The summed E-state index contributed by atoms with van der Waals surface area (Å²) in [5.74, 6) is 0.530. The third kappa shape index (κ3) is 4.02. The van der Waals surface area contributed by atoms with E-state index in [1.54, 1.807) is 76.2 Å². The van der Waals surface area contributed by atoms with Crippen LogP contribution in [0.1, 0.15) is 38.8 Å². The first-order valence-electron chi connectivity index (χ1n) is 8.12. The standard InChI is InChI=1S/C21H20N2O3/c1-20(2,13-22)15-9-5-7-11-17(15)25-19(24)26-18-12-8-6-10-16(18)21(3,4)14-23/h5-12H,1-4H3. The van der Waals surface area contributed by atoms with E-state index in [2.05, 4.69) is 12.1 Å². The van der Waals surface area contributed by atoms with Gasteiger partial charge in [0.1, 0.15) is 11.5 Å². The predicted molar refractivity (Wildman–Crippen MR) is 96.8 cm³/mol. The molecule has 2 aromatic rings. The number of hydrogen-bond acceptors (Lipinski definition) is 5. The lowest BCUT2D eigenvalue weighted by Gasteiger charge is -2.21. The summed E-state index contributed by atoms with van der Waals surface area (Å²) in [6.45, 7) is 6.97. The average molecular weight is 348 g/mol. The molecule has 0 N–H and O–H groups in total. The Morgan fingerprint density at radius 2 is 1.12 bits per heavy atom. The predicted octanol–water partition coefficient (Wildman–Crippen LogP) is 4.87. The average Bonchev–Trinajstić information content (AvgIpc) is 2.62. The molecule has 5 nitrogen and oxygen atoms in total. The van der Waals surface area contributed by atoms with Gasteiger partial charge in [0.25, 0.3) is 0 Å². The van der Waals surface area contributed by atoms with Gasteiger partial charge in [0.2, 0.25) is 0 Å². The number of rotatable bonds is 4. The fourth-order valence-electron chi connectivity index (χ4n) is 2.46. The van der Waals surface area contributed by atoms with Gasteiger partial charge in [-0.2, -0.15) is 10.5 Å². The highest BCUT2D eigenvalue weighted by atomic mass is 16.7. The summed E-state index contributed by atoms with van der Waals surface area (Å²) in [6.07, 6.45) is -0.924. The molecule has 0 bridgehead atoms. The number of benzene rings is 2. The highest BCUT2D eigenvalue weighted by molar-refractivity contribution is 5.69. The minimum absolute atomic E-state index is 0.265. The largest absolute Gasteiger partial charge is 0.519 e. The summed E-state index contributed by atoms with van der Waals surface area (Å²) in [6, 6.07) is 18.1. The first-order valence-corrected chi connectivity index (χ1v) is 8.12. The molecule has 0 saturated carbocycles. The van der Waals surface area contributed by atoms with E-state index >= 15 is 0 Å². The van der Waals surface area contributed by atoms with E-state index in [1.807, 2.05) is 0 Å². The van der Waals surface area contributed by atoms with Gasteiger partial charge < -0.3 is 9.47 Å². The lowest BCUT2D eigenvalue weighted by atomic mass is 9.86. The lowest BCUT2D eigenvalue weighted by molar-refractivity contribution is 0.150. The minimum atomic E-state index is -0.924. The first-order chi connectivity index (χ1) is 12.2. The van der Waals surface area contributed by atoms with Crippen LogP contribution in [0.2, 0.25) is 0 Å². The zero-order valence-corrected chi connectivity index (χ0v) is 15.2. The number of carbonyl (C=O) groups is 1. The molecule has 0 radical (unpaired) electrons. The summed E-state index contributed by atoms with van der Waals surface area (Å²) < 4.78 is 10.7. The maximum absolute atomic E-state index is 12.3. The Balaban J connectivity index is 2.28. The number of nitriles is 2. The first kappa shape index (κ1) is 19.0. The van der Waals surface area contributed by atoms with Crippen molar-refractivity contribution in [1.29, 1.82) is 10.5 Å². The van der Waals surface area contributed by atoms with Gasteiger partial charge in [-0.3, -0.25) is 0 Å². The number of carbonyl (C=O) groups excluding carboxylic acids is 1. The van der Waals surface area contributed by atoms with Crippen LogP contribution in [0.5, 0.6) is 11.5 Å². The molecule has 0 aliphatic carbocycles. The molecule has 0 aromatic heterocycles. The molecule has 0 aliphatic rings. The zero-order chi connectivity index (χ0) is 19.4. The summed E-state index contributed by atoms with van der Waals surface area (Å²) >= 11 is 0. The monoisotopic (exact) mass is 348 g/mol. The van der Waals surface area contributed by atoms with Crippen LogP contribution >= 0.6 is 0 Å². The molecule has 0 spiro atoms. The minimum Gasteiger partial charge on any atom is -0.394 e. The highest BCUT2D eigenvalue weighted by Gasteiger charge is 2.27. The third-order valence-electron chi connectivity index (χ3n) is 4.07. The van der Waals surface area contributed by atoms with Crippen LogP contribution in [0.4, 0.5) is 4.79 Å². The van der Waals surface area contributed by atoms with Crippen molar-refractivity contribution in [3.8, 4) is 23.6 Å².